The molecule has 1 heterocycles. The van der Waals surface area contributed by atoms with Crippen LogP contribution in [0.1, 0.15) is 28.5 Å². The monoisotopic (exact) mass is 305 g/mol. The maximum atomic E-state index is 11.1. The first-order chi connectivity index (χ1) is 9.93. The SMILES string of the molecule is CCc1c(C)nc2ccc(C(=O)O)cc2c1SCC(=O)O. The van der Waals surface area contributed by atoms with E-state index in [9.17, 15) is 9.59 Å². The molecule has 1 aromatic carbocycles. The van der Waals surface area contributed by atoms with E-state index < -0.39 is 11.9 Å². The van der Waals surface area contributed by atoms with Gasteiger partial charge in [0.2, 0.25) is 0 Å². The zero-order chi connectivity index (χ0) is 15.6. The number of carbonyl (C=O) groups is 2. The van der Waals surface area contributed by atoms with Crippen LogP contribution in [0.2, 0.25) is 0 Å². The number of aryl methyl sites for hydroxylation is 1. The summed E-state index contributed by atoms with van der Waals surface area (Å²) >= 11 is 1.21. The zero-order valence-corrected chi connectivity index (χ0v) is 12.5. The summed E-state index contributed by atoms with van der Waals surface area (Å²) in [6, 6.07) is 4.73. The molecule has 0 atom stereocenters. The topological polar surface area (TPSA) is 87.5 Å². The van der Waals surface area contributed by atoms with Gasteiger partial charge in [0.05, 0.1) is 16.8 Å². The summed E-state index contributed by atoms with van der Waals surface area (Å²) < 4.78 is 0. The lowest BCUT2D eigenvalue weighted by atomic mass is 10.1. The largest absolute Gasteiger partial charge is 0.481 e. The quantitative estimate of drug-likeness (QED) is 0.826. The third-order valence-electron chi connectivity index (χ3n) is 3.18. The Morgan fingerprint density at radius 3 is 2.57 bits per heavy atom. The Kier molecular flexibility index (Phi) is 4.47. The van der Waals surface area contributed by atoms with Crippen LogP contribution in [0.4, 0.5) is 0 Å². The molecule has 2 N–H and O–H groups in total. The first-order valence-corrected chi connectivity index (χ1v) is 7.43. The number of hydrogen-bond acceptors (Lipinski definition) is 4. The van der Waals surface area contributed by atoms with Crippen molar-refractivity contribution >= 4 is 34.6 Å². The van der Waals surface area contributed by atoms with Crippen molar-refractivity contribution in [1.29, 1.82) is 0 Å². The fourth-order valence-electron chi connectivity index (χ4n) is 2.24. The summed E-state index contributed by atoms with van der Waals surface area (Å²) in [4.78, 5) is 27.3. The van der Waals surface area contributed by atoms with Gasteiger partial charge >= 0.3 is 11.9 Å². The van der Waals surface area contributed by atoms with Crippen LogP contribution in [0, 0.1) is 6.92 Å². The van der Waals surface area contributed by atoms with E-state index in [1.807, 2.05) is 13.8 Å². The van der Waals surface area contributed by atoms with Crippen molar-refractivity contribution in [2.24, 2.45) is 0 Å². The van der Waals surface area contributed by atoms with Gasteiger partial charge in [-0.2, -0.15) is 0 Å². The molecule has 0 aliphatic carbocycles. The van der Waals surface area contributed by atoms with Crippen LogP contribution in [0.15, 0.2) is 23.1 Å². The van der Waals surface area contributed by atoms with E-state index in [0.29, 0.717) is 17.3 Å². The number of fused-ring (bicyclic) bond motifs is 1. The minimum atomic E-state index is -1.01. The van der Waals surface area contributed by atoms with Crippen molar-refractivity contribution in [1.82, 2.24) is 4.98 Å². The minimum Gasteiger partial charge on any atom is -0.481 e. The van der Waals surface area contributed by atoms with Crippen molar-refractivity contribution in [3.8, 4) is 0 Å². The fraction of sp³-hybridized carbons (Fsp3) is 0.267. The second-order valence-corrected chi connectivity index (χ2v) is 5.56. The van der Waals surface area contributed by atoms with Crippen LogP contribution in [-0.4, -0.2) is 32.9 Å². The van der Waals surface area contributed by atoms with Gasteiger partial charge in [-0.3, -0.25) is 9.78 Å². The summed E-state index contributed by atoms with van der Waals surface area (Å²) in [6.07, 6.45) is 0.716. The summed E-state index contributed by atoms with van der Waals surface area (Å²) in [6.45, 7) is 3.86. The number of aromatic carboxylic acids is 1. The molecule has 1 aromatic heterocycles. The number of benzene rings is 1. The van der Waals surface area contributed by atoms with Gasteiger partial charge in [-0.05, 0) is 37.1 Å². The molecule has 2 aromatic rings. The Hall–Kier alpha value is -2.08. The van der Waals surface area contributed by atoms with E-state index in [1.165, 1.54) is 17.8 Å². The molecule has 5 nitrogen and oxygen atoms in total. The molecule has 0 spiro atoms. The summed E-state index contributed by atoms with van der Waals surface area (Å²) in [5, 5.41) is 18.7. The third-order valence-corrected chi connectivity index (χ3v) is 4.33. The maximum Gasteiger partial charge on any atom is 0.335 e. The molecule has 0 saturated carbocycles. The Balaban J connectivity index is 2.69. The molecule has 0 saturated heterocycles. The van der Waals surface area contributed by atoms with Gasteiger partial charge in [0, 0.05) is 16.0 Å². The molecule has 0 fully saturated rings. The number of hydrogen-bond donors (Lipinski definition) is 2. The van der Waals surface area contributed by atoms with Crippen molar-refractivity contribution in [2.75, 3.05) is 5.75 Å². The second-order valence-electron chi connectivity index (χ2n) is 4.58. The normalized spacial score (nSPS) is 10.8. The molecule has 0 amide bonds. The number of thioether (sulfide) groups is 1. The Morgan fingerprint density at radius 2 is 2.00 bits per heavy atom. The molecule has 0 radical (unpaired) electrons. The molecule has 21 heavy (non-hydrogen) atoms. The van der Waals surface area contributed by atoms with Gasteiger partial charge in [0.15, 0.2) is 0 Å². The molecule has 0 bridgehead atoms. The highest BCUT2D eigenvalue weighted by Gasteiger charge is 2.15. The second kappa shape index (κ2) is 6.13. The van der Waals surface area contributed by atoms with Crippen LogP contribution in [0.5, 0.6) is 0 Å². The zero-order valence-electron chi connectivity index (χ0n) is 11.7. The molecular formula is C15H15NO4S. The van der Waals surface area contributed by atoms with Gasteiger partial charge in [0.25, 0.3) is 0 Å². The summed E-state index contributed by atoms with van der Waals surface area (Å²) in [5.74, 6) is -1.98. The first kappa shape index (κ1) is 15.3. The Morgan fingerprint density at radius 1 is 1.29 bits per heavy atom. The Labute approximate surface area is 126 Å². The first-order valence-electron chi connectivity index (χ1n) is 6.45. The number of aromatic nitrogens is 1. The predicted octanol–water partition coefficient (Wildman–Crippen LogP) is 2.98. The average molecular weight is 305 g/mol. The van der Waals surface area contributed by atoms with Gasteiger partial charge in [-0.15, -0.1) is 11.8 Å². The fourth-order valence-corrected chi connectivity index (χ4v) is 3.29. The number of aliphatic carboxylic acids is 1. The predicted molar refractivity (Wildman–Crippen MR) is 81.2 cm³/mol. The smallest absolute Gasteiger partial charge is 0.335 e. The number of carboxylic acids is 2. The van der Waals surface area contributed by atoms with Crippen LogP contribution >= 0.6 is 11.8 Å². The van der Waals surface area contributed by atoms with Gasteiger partial charge < -0.3 is 10.2 Å². The third kappa shape index (κ3) is 3.16. The average Bonchev–Trinajstić information content (AvgIpc) is 2.43. The summed E-state index contributed by atoms with van der Waals surface area (Å²) in [7, 11) is 0. The van der Waals surface area contributed by atoms with Crippen molar-refractivity contribution in [2.45, 2.75) is 25.2 Å². The molecule has 110 valence electrons. The molecule has 6 heteroatoms. The lowest BCUT2D eigenvalue weighted by molar-refractivity contribution is -0.133. The number of nitrogens with zero attached hydrogens (tertiary/aromatic N) is 1. The number of pyridine rings is 1. The number of carboxylic acid groups (broad SMARTS) is 2. The van der Waals surface area contributed by atoms with Crippen LogP contribution in [-0.2, 0) is 11.2 Å². The highest BCUT2D eigenvalue weighted by molar-refractivity contribution is 8.00. The summed E-state index contributed by atoms with van der Waals surface area (Å²) in [5.41, 5.74) is 2.67. The van der Waals surface area contributed by atoms with E-state index in [0.717, 1.165) is 16.2 Å². The highest BCUT2D eigenvalue weighted by atomic mass is 32.2. The molecule has 2 rings (SSSR count). The molecule has 0 aliphatic rings. The van der Waals surface area contributed by atoms with Crippen molar-refractivity contribution < 1.29 is 19.8 Å². The lowest BCUT2D eigenvalue weighted by Gasteiger charge is -2.13. The van der Waals surface area contributed by atoms with E-state index in [2.05, 4.69) is 4.98 Å². The van der Waals surface area contributed by atoms with Crippen LogP contribution < -0.4 is 0 Å². The van der Waals surface area contributed by atoms with Gasteiger partial charge in [-0.25, -0.2) is 4.79 Å². The minimum absolute atomic E-state index is 0.0666. The molecule has 0 unspecified atom stereocenters. The Bertz CT molecular complexity index is 727. The van der Waals surface area contributed by atoms with Crippen LogP contribution in [0.25, 0.3) is 10.9 Å². The van der Waals surface area contributed by atoms with Crippen molar-refractivity contribution in [3.05, 3.63) is 35.0 Å². The van der Waals surface area contributed by atoms with E-state index in [1.54, 1.807) is 12.1 Å². The van der Waals surface area contributed by atoms with Gasteiger partial charge in [-0.1, -0.05) is 6.92 Å². The van der Waals surface area contributed by atoms with Crippen LogP contribution in [0.3, 0.4) is 0 Å². The van der Waals surface area contributed by atoms with Gasteiger partial charge in [0.1, 0.15) is 0 Å². The highest BCUT2D eigenvalue weighted by Crippen LogP contribution is 2.33. The number of rotatable bonds is 5. The maximum absolute atomic E-state index is 11.1. The standard InChI is InChI=1S/C15H15NO4S/c1-3-10-8(2)16-12-5-4-9(15(19)20)6-11(12)14(10)21-7-13(17)18/h4-6H,3,7H2,1-2H3,(H,17,18)(H,19,20). The van der Waals surface area contributed by atoms with E-state index in [-0.39, 0.29) is 11.3 Å². The van der Waals surface area contributed by atoms with Crippen molar-refractivity contribution in [3.63, 3.8) is 0 Å². The van der Waals surface area contributed by atoms with E-state index in [4.69, 9.17) is 10.2 Å². The molecular weight excluding hydrogens is 290 g/mol. The van der Waals surface area contributed by atoms with E-state index >= 15 is 0 Å². The lowest BCUT2D eigenvalue weighted by Crippen LogP contribution is -2.03. The molecule has 0 aliphatic heterocycles.